The molecular weight excluding hydrogens is 410 g/mol. The zero-order valence-corrected chi connectivity index (χ0v) is 19.1. The highest BCUT2D eigenvalue weighted by molar-refractivity contribution is 6.31. The van der Waals surface area contributed by atoms with E-state index in [1.807, 2.05) is 48.5 Å². The van der Waals surface area contributed by atoms with Crippen LogP contribution in [0.2, 0.25) is 0 Å². The highest BCUT2D eigenvalue weighted by atomic mass is 35.5. The van der Waals surface area contributed by atoms with Crippen LogP contribution in [0.1, 0.15) is 38.3 Å². The fourth-order valence-corrected chi connectivity index (χ4v) is 2.94. The van der Waals surface area contributed by atoms with Crippen LogP contribution in [0.5, 0.6) is 0 Å². The molecule has 0 fully saturated rings. The van der Waals surface area contributed by atoms with Gasteiger partial charge >= 0.3 is 5.97 Å². The summed E-state index contributed by atoms with van der Waals surface area (Å²) in [5.74, 6) is -0.404. The zero-order chi connectivity index (χ0) is 22.9. The molecule has 2 rings (SSSR count). The van der Waals surface area contributed by atoms with Gasteiger partial charge in [-0.05, 0) is 50.8 Å². The van der Waals surface area contributed by atoms with Crippen molar-refractivity contribution in [1.29, 1.82) is 0 Å². The molecule has 0 spiro atoms. The molecule has 0 aliphatic rings. The van der Waals surface area contributed by atoms with Gasteiger partial charge in [-0.2, -0.15) is 0 Å². The summed E-state index contributed by atoms with van der Waals surface area (Å²) in [6.45, 7) is 9.70. The lowest BCUT2D eigenvalue weighted by atomic mass is 10.0. The fraction of sp³-hybridized carbons (Fsp3) is 0.269. The minimum Gasteiger partial charge on any atom is -0.488 e. The van der Waals surface area contributed by atoms with E-state index in [9.17, 15) is 4.79 Å². The van der Waals surface area contributed by atoms with Crippen molar-refractivity contribution >= 4 is 17.6 Å². The molecule has 0 aromatic heterocycles. The number of esters is 1. The maximum Gasteiger partial charge on any atom is 0.345 e. The molecule has 0 radical (unpaired) electrons. The van der Waals surface area contributed by atoms with Crippen LogP contribution in [0.4, 0.5) is 0 Å². The molecule has 0 atom stereocenters. The number of rotatable bonds is 9. The number of hydrogen-bond acceptors (Lipinski definition) is 4. The Labute approximate surface area is 190 Å². The highest BCUT2D eigenvalue weighted by Gasteiger charge is 2.26. The number of ether oxygens (including phenoxy) is 2. The molecule has 0 unspecified atom stereocenters. The molecule has 164 valence electrons. The average molecular weight is 440 g/mol. The van der Waals surface area contributed by atoms with Gasteiger partial charge in [0.05, 0.1) is 0 Å². The van der Waals surface area contributed by atoms with Crippen LogP contribution in [0.25, 0.3) is 0 Å². The van der Waals surface area contributed by atoms with Crippen molar-refractivity contribution in [1.82, 2.24) is 0 Å². The van der Waals surface area contributed by atoms with E-state index >= 15 is 0 Å². The average Bonchev–Trinajstić information content (AvgIpc) is 2.70. The molecule has 5 heteroatoms. The van der Waals surface area contributed by atoms with E-state index in [2.05, 4.69) is 18.7 Å². The van der Waals surface area contributed by atoms with Crippen LogP contribution in [0.3, 0.4) is 0 Å². The molecule has 2 N–H and O–H groups in total. The molecule has 0 aliphatic carbocycles. The van der Waals surface area contributed by atoms with E-state index < -0.39 is 11.6 Å². The first kappa shape index (κ1) is 24.3. The van der Waals surface area contributed by atoms with E-state index in [0.29, 0.717) is 6.42 Å². The van der Waals surface area contributed by atoms with Gasteiger partial charge < -0.3 is 15.2 Å². The second-order valence-corrected chi connectivity index (χ2v) is 8.56. The Morgan fingerprint density at radius 2 is 1.58 bits per heavy atom. The Bertz CT molecular complexity index is 938. The summed E-state index contributed by atoms with van der Waals surface area (Å²) in [7, 11) is 0. The second kappa shape index (κ2) is 11.4. The van der Waals surface area contributed by atoms with Crippen molar-refractivity contribution in [2.45, 2.75) is 45.8 Å². The van der Waals surface area contributed by atoms with Crippen molar-refractivity contribution in [2.24, 2.45) is 5.73 Å². The molecule has 0 saturated heterocycles. The summed E-state index contributed by atoms with van der Waals surface area (Å²) in [5.41, 5.74) is 8.08. The molecule has 2 aromatic carbocycles. The summed E-state index contributed by atoms with van der Waals surface area (Å²) < 4.78 is 11.5. The Kier molecular flexibility index (Phi) is 8.95. The number of hydrogen-bond donors (Lipinski definition) is 1. The predicted molar refractivity (Wildman–Crippen MR) is 126 cm³/mol. The molecular formula is C26H30ClNO3. The van der Waals surface area contributed by atoms with Crippen LogP contribution in [-0.2, 0) is 27.3 Å². The van der Waals surface area contributed by atoms with Gasteiger partial charge in [0, 0.05) is 0 Å². The Morgan fingerprint density at radius 3 is 2.10 bits per heavy atom. The quantitative estimate of drug-likeness (QED) is 0.170. The van der Waals surface area contributed by atoms with Crippen LogP contribution in [0, 0.1) is 0 Å². The van der Waals surface area contributed by atoms with Crippen molar-refractivity contribution < 1.29 is 14.3 Å². The number of benzene rings is 2. The zero-order valence-electron chi connectivity index (χ0n) is 18.4. The van der Waals surface area contributed by atoms with Crippen LogP contribution < -0.4 is 5.73 Å². The maximum atomic E-state index is 12.8. The van der Waals surface area contributed by atoms with Crippen LogP contribution in [0.15, 0.2) is 95.4 Å². The van der Waals surface area contributed by atoms with Gasteiger partial charge in [-0.15, -0.1) is 0 Å². The number of nitrogens with two attached hydrogens (primary N) is 1. The molecule has 0 heterocycles. The first-order valence-electron chi connectivity index (χ1n) is 10.1. The van der Waals surface area contributed by atoms with E-state index in [0.717, 1.165) is 17.6 Å². The number of allylic oxidation sites excluding steroid dienone is 2. The summed E-state index contributed by atoms with van der Waals surface area (Å²) in [6.07, 6.45) is 3.20. The number of carbonyl (C=O) groups is 1. The van der Waals surface area contributed by atoms with Crippen molar-refractivity contribution in [2.75, 3.05) is 0 Å². The highest BCUT2D eigenvalue weighted by Crippen LogP contribution is 2.24. The third-order valence-corrected chi connectivity index (χ3v) is 4.43. The van der Waals surface area contributed by atoms with E-state index in [-0.39, 0.29) is 23.1 Å². The Hall–Kier alpha value is -2.98. The molecule has 0 saturated carbocycles. The third kappa shape index (κ3) is 8.73. The van der Waals surface area contributed by atoms with Crippen molar-refractivity contribution in [3.8, 4) is 0 Å². The van der Waals surface area contributed by atoms with Crippen molar-refractivity contribution in [3.63, 3.8) is 0 Å². The first-order chi connectivity index (χ1) is 14.7. The maximum absolute atomic E-state index is 12.8. The third-order valence-electron chi connectivity index (χ3n) is 4.24. The summed E-state index contributed by atoms with van der Waals surface area (Å²) in [5, 5.41) is -0.190. The van der Waals surface area contributed by atoms with Crippen LogP contribution in [-0.4, -0.2) is 11.6 Å². The van der Waals surface area contributed by atoms with Crippen LogP contribution >= 0.6 is 11.6 Å². The lowest BCUT2D eigenvalue weighted by molar-refractivity contribution is -0.150. The van der Waals surface area contributed by atoms with Gasteiger partial charge in [-0.1, -0.05) is 84.4 Å². The van der Waals surface area contributed by atoms with E-state index in [4.69, 9.17) is 26.8 Å². The van der Waals surface area contributed by atoms with Gasteiger partial charge in [-0.25, -0.2) is 4.79 Å². The topological polar surface area (TPSA) is 61.5 Å². The SMILES string of the molecule is C=C(/C=C(OCc1ccccc1)\C(C(=O)OC(C)(C)C)=C(/N)Cl)CCc1ccccc1. The van der Waals surface area contributed by atoms with Gasteiger partial charge in [0.25, 0.3) is 0 Å². The number of halogens is 1. The Balaban J connectivity index is 2.26. The largest absolute Gasteiger partial charge is 0.488 e. The molecule has 0 bridgehead atoms. The lowest BCUT2D eigenvalue weighted by Crippen LogP contribution is -2.27. The molecule has 0 aliphatic heterocycles. The second-order valence-electron chi connectivity index (χ2n) is 8.15. The Morgan fingerprint density at radius 1 is 1.03 bits per heavy atom. The minimum atomic E-state index is -0.705. The smallest absolute Gasteiger partial charge is 0.345 e. The monoisotopic (exact) mass is 439 g/mol. The van der Waals surface area contributed by atoms with Gasteiger partial charge in [-0.3, -0.25) is 0 Å². The fourth-order valence-electron chi connectivity index (χ4n) is 2.77. The molecule has 2 aromatic rings. The molecule has 31 heavy (non-hydrogen) atoms. The predicted octanol–water partition coefficient (Wildman–Crippen LogP) is 6.03. The van der Waals surface area contributed by atoms with E-state index in [1.54, 1.807) is 26.8 Å². The number of aryl methyl sites for hydroxylation is 1. The van der Waals surface area contributed by atoms with Gasteiger partial charge in [0.15, 0.2) is 0 Å². The first-order valence-corrected chi connectivity index (χ1v) is 10.5. The lowest BCUT2D eigenvalue weighted by Gasteiger charge is -2.22. The summed E-state index contributed by atoms with van der Waals surface area (Å²) >= 11 is 6.11. The van der Waals surface area contributed by atoms with E-state index in [1.165, 1.54) is 5.56 Å². The number of carbonyl (C=O) groups excluding carboxylic acids is 1. The molecule has 4 nitrogen and oxygen atoms in total. The molecule has 0 amide bonds. The minimum absolute atomic E-state index is 0.00613. The summed E-state index contributed by atoms with van der Waals surface area (Å²) in [4.78, 5) is 12.8. The van der Waals surface area contributed by atoms with Crippen molar-refractivity contribution in [3.05, 3.63) is 107 Å². The van der Waals surface area contributed by atoms with Gasteiger partial charge in [0.1, 0.15) is 28.7 Å². The summed E-state index contributed by atoms with van der Waals surface area (Å²) in [6, 6.07) is 19.7. The normalized spacial score (nSPS) is 12.7. The standard InChI is InChI=1S/C26H30ClNO3/c1-19(15-16-20-11-7-5-8-12-20)17-22(30-18-21-13-9-6-10-14-21)23(24(27)28)25(29)31-26(2,3)4/h5-14,17H,1,15-16,18,28H2,2-4H3/b22-17+,24-23+. The van der Waals surface area contributed by atoms with Gasteiger partial charge in [0.2, 0.25) is 0 Å².